The highest BCUT2D eigenvalue weighted by Gasteiger charge is 2.58. The second-order valence-corrected chi connectivity index (χ2v) is 8.06. The lowest BCUT2D eigenvalue weighted by Gasteiger charge is -2.32. The van der Waals surface area contributed by atoms with Gasteiger partial charge in [0.2, 0.25) is 5.91 Å². The van der Waals surface area contributed by atoms with Crippen molar-refractivity contribution in [1.82, 2.24) is 10.2 Å². The number of nitrogens with one attached hydrogen (secondary N) is 1. The van der Waals surface area contributed by atoms with Gasteiger partial charge in [0.05, 0.1) is 7.11 Å². The number of hydrogen-bond donors (Lipinski definition) is 1. The van der Waals surface area contributed by atoms with Crippen LogP contribution in [0.25, 0.3) is 0 Å². The Labute approximate surface area is 155 Å². The van der Waals surface area contributed by atoms with Crippen LogP contribution in [-0.2, 0) is 4.79 Å². The molecule has 140 valence electrons. The standard InChI is InChI=1S/C21H28N2O3/c1-26-17-4-2-15(3-5-17)19(24)16-6-12-23(13-7-16)20(25)18-14-21(18)8-10-22-11-9-21/h2-5,16,18,22H,6-14H2,1H3. The molecular formula is C21H28N2O3. The topological polar surface area (TPSA) is 58.6 Å². The van der Waals surface area contributed by atoms with Crippen LogP contribution in [0.4, 0.5) is 0 Å². The number of amides is 1. The summed E-state index contributed by atoms with van der Waals surface area (Å²) in [7, 11) is 1.62. The molecule has 26 heavy (non-hydrogen) atoms. The summed E-state index contributed by atoms with van der Waals surface area (Å²) >= 11 is 0. The molecule has 1 amide bonds. The number of piperidine rings is 2. The Balaban J connectivity index is 1.31. The van der Waals surface area contributed by atoms with E-state index in [2.05, 4.69) is 5.32 Å². The zero-order chi connectivity index (χ0) is 18.1. The molecule has 0 radical (unpaired) electrons. The third kappa shape index (κ3) is 3.25. The first-order chi connectivity index (χ1) is 12.6. The van der Waals surface area contributed by atoms with Crippen molar-refractivity contribution in [2.75, 3.05) is 33.3 Å². The van der Waals surface area contributed by atoms with Crippen LogP contribution in [0.15, 0.2) is 24.3 Å². The average Bonchev–Trinajstić information content (AvgIpc) is 3.40. The predicted molar refractivity (Wildman–Crippen MR) is 99.3 cm³/mol. The van der Waals surface area contributed by atoms with Gasteiger partial charge in [-0.1, -0.05) is 0 Å². The quantitative estimate of drug-likeness (QED) is 0.842. The summed E-state index contributed by atoms with van der Waals surface area (Å²) in [4.78, 5) is 27.6. The smallest absolute Gasteiger partial charge is 0.226 e. The molecule has 2 saturated heterocycles. The van der Waals surface area contributed by atoms with Crippen molar-refractivity contribution in [3.05, 3.63) is 29.8 Å². The molecule has 1 aliphatic carbocycles. The van der Waals surface area contributed by atoms with Crippen LogP contribution in [0.3, 0.4) is 0 Å². The highest BCUT2D eigenvalue weighted by atomic mass is 16.5. The Morgan fingerprint density at radius 2 is 1.77 bits per heavy atom. The largest absolute Gasteiger partial charge is 0.497 e. The highest BCUT2D eigenvalue weighted by Crippen LogP contribution is 2.59. The van der Waals surface area contributed by atoms with Crippen LogP contribution in [-0.4, -0.2) is 49.9 Å². The maximum Gasteiger partial charge on any atom is 0.226 e. The lowest BCUT2D eigenvalue weighted by Crippen LogP contribution is -2.42. The fraction of sp³-hybridized carbons (Fsp3) is 0.619. The summed E-state index contributed by atoms with van der Waals surface area (Å²) in [6.07, 6.45) is 4.89. The summed E-state index contributed by atoms with van der Waals surface area (Å²) in [5.41, 5.74) is 1.03. The van der Waals surface area contributed by atoms with Crippen molar-refractivity contribution in [2.24, 2.45) is 17.3 Å². The van der Waals surface area contributed by atoms with Gasteiger partial charge in [0.15, 0.2) is 5.78 Å². The van der Waals surface area contributed by atoms with Gasteiger partial charge in [-0.15, -0.1) is 0 Å². The van der Waals surface area contributed by atoms with Gasteiger partial charge in [-0.2, -0.15) is 0 Å². The van der Waals surface area contributed by atoms with Gasteiger partial charge >= 0.3 is 0 Å². The highest BCUT2D eigenvalue weighted by molar-refractivity contribution is 5.98. The minimum atomic E-state index is 0.0273. The Bertz CT molecular complexity index is 671. The number of benzene rings is 1. The van der Waals surface area contributed by atoms with E-state index in [1.165, 1.54) is 0 Å². The van der Waals surface area contributed by atoms with Gasteiger partial charge in [0.1, 0.15) is 5.75 Å². The first-order valence-electron chi connectivity index (χ1n) is 9.81. The molecule has 1 unspecified atom stereocenters. The summed E-state index contributed by atoms with van der Waals surface area (Å²) in [5.74, 6) is 1.56. The minimum Gasteiger partial charge on any atom is -0.497 e. The van der Waals surface area contributed by atoms with Crippen LogP contribution in [0.5, 0.6) is 5.75 Å². The van der Waals surface area contributed by atoms with Crippen molar-refractivity contribution in [3.8, 4) is 5.75 Å². The molecule has 1 atom stereocenters. The summed E-state index contributed by atoms with van der Waals surface area (Å²) < 4.78 is 5.15. The minimum absolute atomic E-state index is 0.0273. The second kappa shape index (κ2) is 7.03. The number of ether oxygens (including phenoxy) is 1. The van der Waals surface area contributed by atoms with E-state index in [-0.39, 0.29) is 23.0 Å². The Hall–Kier alpha value is -1.88. The summed E-state index contributed by atoms with van der Waals surface area (Å²) in [5, 5.41) is 3.39. The van der Waals surface area contributed by atoms with E-state index < -0.39 is 0 Å². The number of hydrogen-bond acceptors (Lipinski definition) is 4. The molecule has 3 fully saturated rings. The molecule has 3 aliphatic rings. The Kier molecular flexibility index (Phi) is 4.74. The van der Waals surface area contributed by atoms with E-state index in [4.69, 9.17) is 4.74 Å². The van der Waals surface area contributed by atoms with E-state index in [9.17, 15) is 9.59 Å². The number of carbonyl (C=O) groups excluding carboxylic acids is 2. The average molecular weight is 356 g/mol. The Morgan fingerprint density at radius 1 is 1.12 bits per heavy atom. The number of ketones is 1. The number of Topliss-reactive ketones (excluding diaryl/α,β-unsaturated/α-hetero) is 1. The normalized spacial score (nSPS) is 25.1. The monoisotopic (exact) mass is 356 g/mol. The SMILES string of the molecule is COc1ccc(C(=O)C2CCN(C(=O)C3CC34CCNCC4)CC2)cc1. The molecule has 1 N–H and O–H groups in total. The fourth-order valence-corrected chi connectivity index (χ4v) is 4.75. The Morgan fingerprint density at radius 3 is 2.38 bits per heavy atom. The number of carbonyl (C=O) groups is 2. The molecule has 2 aliphatic heterocycles. The summed E-state index contributed by atoms with van der Waals surface area (Å²) in [6.45, 7) is 3.52. The van der Waals surface area contributed by atoms with Crippen molar-refractivity contribution < 1.29 is 14.3 Å². The lowest BCUT2D eigenvalue weighted by atomic mass is 9.88. The van der Waals surface area contributed by atoms with Crippen LogP contribution < -0.4 is 10.1 Å². The third-order valence-electron chi connectivity index (χ3n) is 6.64. The third-order valence-corrected chi connectivity index (χ3v) is 6.64. The van der Waals surface area contributed by atoms with E-state index in [0.29, 0.717) is 5.91 Å². The van der Waals surface area contributed by atoms with E-state index in [1.54, 1.807) is 7.11 Å². The van der Waals surface area contributed by atoms with Gasteiger partial charge in [-0.25, -0.2) is 0 Å². The molecule has 1 saturated carbocycles. The molecule has 0 bridgehead atoms. The number of nitrogens with zero attached hydrogens (tertiary/aromatic N) is 1. The van der Waals surface area contributed by atoms with Gasteiger partial charge in [-0.05, 0) is 74.9 Å². The van der Waals surface area contributed by atoms with Crippen LogP contribution in [0.2, 0.25) is 0 Å². The first-order valence-corrected chi connectivity index (χ1v) is 9.81. The zero-order valence-corrected chi connectivity index (χ0v) is 15.5. The predicted octanol–water partition coefficient (Wildman–Crippen LogP) is 2.51. The van der Waals surface area contributed by atoms with E-state index in [1.807, 2.05) is 29.2 Å². The van der Waals surface area contributed by atoms with Crippen LogP contribution in [0.1, 0.15) is 42.5 Å². The van der Waals surface area contributed by atoms with Crippen molar-refractivity contribution in [1.29, 1.82) is 0 Å². The number of rotatable bonds is 4. The van der Waals surface area contributed by atoms with Gasteiger partial charge in [0.25, 0.3) is 0 Å². The van der Waals surface area contributed by atoms with E-state index >= 15 is 0 Å². The number of methoxy groups -OCH3 is 1. The second-order valence-electron chi connectivity index (χ2n) is 8.06. The molecule has 4 rings (SSSR count). The van der Waals surface area contributed by atoms with E-state index in [0.717, 1.165) is 69.6 Å². The zero-order valence-electron chi connectivity index (χ0n) is 15.5. The van der Waals surface area contributed by atoms with Crippen molar-refractivity contribution >= 4 is 11.7 Å². The van der Waals surface area contributed by atoms with Crippen molar-refractivity contribution in [3.63, 3.8) is 0 Å². The van der Waals surface area contributed by atoms with Crippen molar-refractivity contribution in [2.45, 2.75) is 32.1 Å². The van der Waals surface area contributed by atoms with Gasteiger partial charge in [0, 0.05) is 30.5 Å². The molecule has 1 spiro atoms. The molecule has 5 heteroatoms. The lowest BCUT2D eigenvalue weighted by molar-refractivity contribution is -0.134. The summed E-state index contributed by atoms with van der Waals surface area (Å²) in [6, 6.07) is 7.34. The molecule has 2 heterocycles. The molecule has 1 aromatic rings. The molecular weight excluding hydrogens is 328 g/mol. The van der Waals surface area contributed by atoms with Crippen LogP contribution >= 0.6 is 0 Å². The van der Waals surface area contributed by atoms with Gasteiger partial charge in [-0.3, -0.25) is 9.59 Å². The fourth-order valence-electron chi connectivity index (χ4n) is 4.75. The van der Waals surface area contributed by atoms with Crippen LogP contribution in [0, 0.1) is 17.3 Å². The maximum absolute atomic E-state index is 12.9. The maximum atomic E-state index is 12.9. The molecule has 5 nitrogen and oxygen atoms in total. The molecule has 1 aromatic carbocycles. The van der Waals surface area contributed by atoms with Gasteiger partial charge < -0.3 is 15.0 Å². The first kappa shape index (κ1) is 17.5. The number of likely N-dealkylation sites (tertiary alicyclic amines) is 1. The molecule has 0 aromatic heterocycles.